The highest BCUT2D eigenvalue weighted by molar-refractivity contribution is 5.88. The number of hydrogen-bond acceptors (Lipinski definition) is 6. The Bertz CT molecular complexity index is 1180. The molecule has 0 aliphatic carbocycles. The molecule has 1 fully saturated rings. The molecule has 1 saturated heterocycles. The predicted octanol–water partition coefficient (Wildman–Crippen LogP) is 2.24. The van der Waals surface area contributed by atoms with Gasteiger partial charge in [-0.15, -0.1) is 13.2 Å². The number of ether oxygens (including phenoxy) is 2. The highest BCUT2D eigenvalue weighted by Crippen LogP contribution is 2.30. The molecule has 0 spiro atoms. The fraction of sp³-hybridized carbons (Fsp3) is 0.368. The number of aryl methyl sites for hydroxylation is 1. The first kappa shape index (κ1) is 20.8. The second-order valence-electron chi connectivity index (χ2n) is 7.11. The van der Waals surface area contributed by atoms with Gasteiger partial charge < -0.3 is 14.4 Å². The van der Waals surface area contributed by atoms with E-state index in [1.54, 1.807) is 0 Å². The smallest absolute Gasteiger partial charge is 0.406 e. The number of fused-ring (bicyclic) bond motifs is 1. The van der Waals surface area contributed by atoms with Crippen LogP contribution in [0.3, 0.4) is 0 Å². The van der Waals surface area contributed by atoms with Crippen LogP contribution >= 0.6 is 0 Å². The van der Waals surface area contributed by atoms with E-state index in [4.69, 9.17) is 4.74 Å². The van der Waals surface area contributed by atoms with Crippen LogP contribution in [0.25, 0.3) is 11.2 Å². The number of carbonyl (C=O) groups is 1. The fourth-order valence-electron chi connectivity index (χ4n) is 3.46. The molecule has 2 aromatic heterocycles. The minimum Gasteiger partial charge on any atom is -0.406 e. The summed E-state index contributed by atoms with van der Waals surface area (Å²) in [4.78, 5) is 35.4. The van der Waals surface area contributed by atoms with Crippen molar-refractivity contribution < 1.29 is 27.4 Å². The zero-order valence-corrected chi connectivity index (χ0v) is 16.6. The Labute approximate surface area is 173 Å². The van der Waals surface area contributed by atoms with E-state index in [0.29, 0.717) is 24.6 Å². The van der Waals surface area contributed by atoms with Gasteiger partial charge in [0.1, 0.15) is 17.9 Å². The molecule has 12 heteroatoms. The maximum absolute atomic E-state index is 12.9. The van der Waals surface area contributed by atoms with Gasteiger partial charge in [0.05, 0.1) is 6.20 Å². The van der Waals surface area contributed by atoms with Crippen molar-refractivity contribution >= 4 is 17.2 Å². The molecule has 3 aromatic rings. The molecule has 0 saturated carbocycles. The van der Waals surface area contributed by atoms with Gasteiger partial charge in [0.25, 0.3) is 0 Å². The van der Waals surface area contributed by atoms with E-state index < -0.39 is 18.1 Å². The SMILES string of the molecule is COCc1ncc2c(n1)n(C)c(=O)n2C(=O)N1CC(c2ccc(OC(F)(F)F)cc2)C1. The Kier molecular flexibility index (Phi) is 5.17. The summed E-state index contributed by atoms with van der Waals surface area (Å²) < 4.78 is 48.0. The fourth-order valence-corrected chi connectivity index (χ4v) is 3.46. The average Bonchev–Trinajstić information content (AvgIpc) is 2.91. The lowest BCUT2D eigenvalue weighted by atomic mass is 9.92. The van der Waals surface area contributed by atoms with Crippen molar-refractivity contribution in [1.29, 1.82) is 0 Å². The number of nitrogens with zero attached hydrogens (tertiary/aromatic N) is 5. The Morgan fingerprint density at radius 3 is 2.52 bits per heavy atom. The van der Waals surface area contributed by atoms with Crippen LogP contribution in [0.1, 0.15) is 17.3 Å². The Hall–Kier alpha value is -3.41. The van der Waals surface area contributed by atoms with E-state index >= 15 is 0 Å². The Balaban J connectivity index is 1.49. The third-order valence-electron chi connectivity index (χ3n) is 5.04. The number of amides is 1. The van der Waals surface area contributed by atoms with Gasteiger partial charge >= 0.3 is 18.1 Å². The Morgan fingerprint density at radius 1 is 1.23 bits per heavy atom. The number of imidazole rings is 1. The van der Waals surface area contributed by atoms with E-state index in [2.05, 4.69) is 14.7 Å². The summed E-state index contributed by atoms with van der Waals surface area (Å²) in [6.07, 6.45) is -3.34. The van der Waals surface area contributed by atoms with Gasteiger partial charge in [-0.3, -0.25) is 4.57 Å². The van der Waals surface area contributed by atoms with Crippen LogP contribution in [0.4, 0.5) is 18.0 Å². The van der Waals surface area contributed by atoms with Gasteiger partial charge in [-0.25, -0.2) is 24.1 Å². The third kappa shape index (κ3) is 3.98. The summed E-state index contributed by atoms with van der Waals surface area (Å²) >= 11 is 0. The summed E-state index contributed by atoms with van der Waals surface area (Å²) in [5, 5.41) is 0. The van der Waals surface area contributed by atoms with Gasteiger partial charge in [0, 0.05) is 33.2 Å². The van der Waals surface area contributed by atoms with E-state index in [1.807, 2.05) is 0 Å². The van der Waals surface area contributed by atoms with Crippen LogP contribution in [0.2, 0.25) is 0 Å². The van der Waals surface area contributed by atoms with Crippen LogP contribution in [0, 0.1) is 0 Å². The highest BCUT2D eigenvalue weighted by Gasteiger charge is 2.35. The van der Waals surface area contributed by atoms with Crippen molar-refractivity contribution in [2.24, 2.45) is 7.05 Å². The number of aromatic nitrogens is 4. The molecule has 3 heterocycles. The van der Waals surface area contributed by atoms with Gasteiger partial charge in [0.2, 0.25) is 0 Å². The lowest BCUT2D eigenvalue weighted by Crippen LogP contribution is -2.52. The molecular weight excluding hydrogens is 419 g/mol. The lowest BCUT2D eigenvalue weighted by Gasteiger charge is -2.39. The number of hydrogen-bond donors (Lipinski definition) is 0. The topological polar surface area (TPSA) is 91.5 Å². The number of benzene rings is 1. The summed E-state index contributed by atoms with van der Waals surface area (Å²) in [5.74, 6) is 0.0231. The first-order valence-electron chi connectivity index (χ1n) is 9.25. The quantitative estimate of drug-likeness (QED) is 0.622. The van der Waals surface area contributed by atoms with Gasteiger partial charge in [-0.05, 0) is 17.7 Å². The number of methoxy groups -OCH3 is 1. The molecule has 31 heavy (non-hydrogen) atoms. The van der Waals surface area contributed by atoms with Gasteiger partial charge in [0.15, 0.2) is 11.5 Å². The first-order valence-corrected chi connectivity index (χ1v) is 9.25. The molecule has 1 aromatic carbocycles. The molecule has 1 aliphatic rings. The minimum absolute atomic E-state index is 0.0564. The highest BCUT2D eigenvalue weighted by atomic mass is 19.4. The summed E-state index contributed by atoms with van der Waals surface area (Å²) in [7, 11) is 3.01. The zero-order valence-electron chi connectivity index (χ0n) is 16.6. The lowest BCUT2D eigenvalue weighted by molar-refractivity contribution is -0.274. The van der Waals surface area contributed by atoms with Crippen molar-refractivity contribution in [3.8, 4) is 5.75 Å². The van der Waals surface area contributed by atoms with Crippen molar-refractivity contribution in [3.05, 3.63) is 52.3 Å². The Morgan fingerprint density at radius 2 is 1.90 bits per heavy atom. The van der Waals surface area contributed by atoms with Crippen molar-refractivity contribution in [1.82, 2.24) is 24.0 Å². The van der Waals surface area contributed by atoms with E-state index in [1.165, 1.54) is 54.1 Å². The standard InChI is InChI=1S/C19H18F3N5O4/c1-25-16-14(7-23-15(24-16)10-30-2)27(17(25)28)18(29)26-8-12(9-26)11-3-5-13(6-4-11)31-19(20,21)22/h3-7,12H,8-10H2,1-2H3. The van der Waals surface area contributed by atoms with E-state index in [0.717, 1.165) is 10.1 Å². The number of carbonyl (C=O) groups excluding carboxylic acids is 1. The van der Waals surface area contributed by atoms with Crippen molar-refractivity contribution in [2.45, 2.75) is 18.9 Å². The molecule has 4 rings (SSSR count). The molecule has 164 valence electrons. The molecule has 1 aliphatic heterocycles. The molecule has 0 atom stereocenters. The normalized spacial score (nSPS) is 14.7. The van der Waals surface area contributed by atoms with Crippen LogP contribution < -0.4 is 10.4 Å². The summed E-state index contributed by atoms with van der Waals surface area (Å²) in [6, 6.07) is 5.02. The van der Waals surface area contributed by atoms with Gasteiger partial charge in [-0.2, -0.15) is 0 Å². The molecule has 9 nitrogen and oxygen atoms in total. The number of rotatable bonds is 4. The van der Waals surface area contributed by atoms with Crippen molar-refractivity contribution in [2.75, 3.05) is 20.2 Å². The second-order valence-corrected chi connectivity index (χ2v) is 7.11. The van der Waals surface area contributed by atoms with E-state index in [9.17, 15) is 22.8 Å². The molecule has 0 radical (unpaired) electrons. The molecule has 0 N–H and O–H groups in total. The number of halogens is 3. The largest absolute Gasteiger partial charge is 0.573 e. The molecule has 0 bridgehead atoms. The maximum atomic E-state index is 12.9. The minimum atomic E-state index is -4.75. The molecular formula is C19H18F3N5O4. The monoisotopic (exact) mass is 437 g/mol. The average molecular weight is 437 g/mol. The molecule has 1 amide bonds. The summed E-state index contributed by atoms with van der Waals surface area (Å²) in [6.45, 7) is 0.817. The molecule has 0 unspecified atom stereocenters. The zero-order chi connectivity index (χ0) is 22.3. The van der Waals surface area contributed by atoms with Crippen LogP contribution in [0.5, 0.6) is 5.75 Å². The third-order valence-corrected chi connectivity index (χ3v) is 5.04. The van der Waals surface area contributed by atoms with Crippen LogP contribution in [-0.4, -0.2) is 56.6 Å². The van der Waals surface area contributed by atoms with Gasteiger partial charge in [-0.1, -0.05) is 12.1 Å². The predicted molar refractivity (Wildman–Crippen MR) is 102 cm³/mol. The first-order chi connectivity index (χ1) is 14.7. The van der Waals surface area contributed by atoms with E-state index in [-0.39, 0.29) is 23.8 Å². The maximum Gasteiger partial charge on any atom is 0.573 e. The van der Waals surface area contributed by atoms with Crippen LogP contribution in [-0.2, 0) is 18.4 Å². The number of alkyl halides is 3. The van der Waals surface area contributed by atoms with Crippen molar-refractivity contribution in [3.63, 3.8) is 0 Å². The van der Waals surface area contributed by atoms with Crippen LogP contribution in [0.15, 0.2) is 35.3 Å². The summed E-state index contributed by atoms with van der Waals surface area (Å²) in [5.41, 5.74) is 0.838. The number of likely N-dealkylation sites (tertiary alicyclic amines) is 1. The second kappa shape index (κ2) is 7.69.